The third kappa shape index (κ3) is 3.62. The number of rotatable bonds is 3. The molecular formula is C8H8F6N2O. The Morgan fingerprint density at radius 2 is 1.71 bits per heavy atom. The molecule has 0 bridgehead atoms. The molecule has 1 heterocycles. The Bertz CT molecular complexity index is 330. The van der Waals surface area contributed by atoms with Gasteiger partial charge in [-0.25, -0.2) is 4.98 Å². The van der Waals surface area contributed by atoms with Crippen LogP contribution in [-0.4, -0.2) is 33.5 Å². The second-order valence-electron chi connectivity index (χ2n) is 3.37. The van der Waals surface area contributed by atoms with Gasteiger partial charge >= 0.3 is 12.4 Å². The molecule has 1 unspecified atom stereocenters. The van der Waals surface area contributed by atoms with Crippen LogP contribution < -0.4 is 0 Å². The van der Waals surface area contributed by atoms with Gasteiger partial charge in [0.25, 0.3) is 0 Å². The fourth-order valence-corrected chi connectivity index (χ4v) is 1.35. The molecule has 0 aromatic carbocycles. The number of nitrogens with zero attached hydrogens (tertiary/aromatic N) is 1. The predicted octanol–water partition coefficient (Wildman–Crippen LogP) is 2.05. The monoisotopic (exact) mass is 262 g/mol. The second-order valence-corrected chi connectivity index (χ2v) is 3.37. The minimum atomic E-state index is -5.55. The largest absolute Gasteiger partial charge is 0.403 e. The number of H-pyrrole nitrogens is 1. The Balaban J connectivity index is 2.84. The highest BCUT2D eigenvalue weighted by Gasteiger charge is 2.60. The van der Waals surface area contributed by atoms with Gasteiger partial charge < -0.3 is 10.1 Å². The maximum Gasteiger partial charge on any atom is 0.403 e. The summed E-state index contributed by atoms with van der Waals surface area (Å²) in [6.45, 7) is 0. The lowest BCUT2D eigenvalue weighted by Crippen LogP contribution is -2.45. The normalized spacial score (nSPS) is 15.3. The van der Waals surface area contributed by atoms with Gasteiger partial charge in [-0.2, -0.15) is 26.3 Å². The van der Waals surface area contributed by atoms with Crippen molar-refractivity contribution < 1.29 is 31.4 Å². The Labute approximate surface area is 91.5 Å². The van der Waals surface area contributed by atoms with E-state index in [2.05, 4.69) is 9.97 Å². The van der Waals surface area contributed by atoms with Crippen LogP contribution in [0, 0.1) is 5.92 Å². The molecule has 1 rings (SSSR count). The molecule has 0 amide bonds. The summed E-state index contributed by atoms with van der Waals surface area (Å²) in [4.78, 5) is 5.77. The van der Waals surface area contributed by atoms with Gasteiger partial charge in [-0.15, -0.1) is 0 Å². The molecule has 0 saturated heterocycles. The van der Waals surface area contributed by atoms with E-state index < -0.39 is 30.8 Å². The fourth-order valence-electron chi connectivity index (χ4n) is 1.35. The first-order chi connectivity index (χ1) is 7.62. The highest BCUT2D eigenvalue weighted by Crippen LogP contribution is 2.41. The molecule has 9 heteroatoms. The van der Waals surface area contributed by atoms with E-state index in [-0.39, 0.29) is 5.82 Å². The summed E-state index contributed by atoms with van der Waals surface area (Å²) in [5, 5.41) is 9.05. The topological polar surface area (TPSA) is 48.9 Å². The van der Waals surface area contributed by atoms with Crippen molar-refractivity contribution in [1.29, 1.82) is 0 Å². The average Bonchev–Trinajstić information content (AvgIpc) is 2.49. The van der Waals surface area contributed by atoms with E-state index in [9.17, 15) is 26.3 Å². The number of hydrogen-bond acceptors (Lipinski definition) is 2. The molecule has 2 N–H and O–H groups in total. The molecule has 0 radical (unpaired) electrons. The Morgan fingerprint density at radius 1 is 1.18 bits per heavy atom. The van der Waals surface area contributed by atoms with Gasteiger partial charge in [0.1, 0.15) is 5.82 Å². The van der Waals surface area contributed by atoms with Crippen LogP contribution in [0.3, 0.4) is 0 Å². The van der Waals surface area contributed by atoms with Crippen molar-refractivity contribution in [3.05, 3.63) is 18.2 Å². The van der Waals surface area contributed by atoms with Gasteiger partial charge in [0.05, 0.1) is 6.10 Å². The number of nitrogens with one attached hydrogen (secondary N) is 1. The maximum atomic E-state index is 12.2. The van der Waals surface area contributed by atoms with E-state index in [4.69, 9.17) is 5.11 Å². The standard InChI is InChI=1S/C8H8F6N2O/c9-7(10,11)6(8(12,13)14)4(17)3-5-15-1-2-16-5/h1-2,4,6,17H,3H2,(H,15,16). The maximum absolute atomic E-state index is 12.2. The number of aliphatic hydroxyl groups is 1. The number of aliphatic hydroxyl groups excluding tert-OH is 1. The van der Waals surface area contributed by atoms with E-state index in [1.807, 2.05) is 0 Å². The first-order valence-electron chi connectivity index (χ1n) is 4.42. The van der Waals surface area contributed by atoms with E-state index >= 15 is 0 Å². The van der Waals surface area contributed by atoms with E-state index in [0.717, 1.165) is 6.20 Å². The quantitative estimate of drug-likeness (QED) is 0.819. The van der Waals surface area contributed by atoms with Crippen molar-refractivity contribution >= 4 is 0 Å². The first kappa shape index (κ1) is 13.8. The molecule has 1 aromatic rings. The van der Waals surface area contributed by atoms with Gasteiger partial charge in [0, 0.05) is 18.8 Å². The summed E-state index contributed by atoms with van der Waals surface area (Å²) in [7, 11) is 0. The summed E-state index contributed by atoms with van der Waals surface area (Å²) >= 11 is 0. The number of alkyl halides is 6. The Morgan fingerprint density at radius 3 is 2.06 bits per heavy atom. The molecular weight excluding hydrogens is 254 g/mol. The number of halogens is 6. The molecule has 1 atom stereocenters. The van der Waals surface area contributed by atoms with Crippen molar-refractivity contribution in [2.24, 2.45) is 5.92 Å². The van der Waals surface area contributed by atoms with Crippen molar-refractivity contribution in [3.63, 3.8) is 0 Å². The summed E-state index contributed by atoms with van der Waals surface area (Å²) in [5.41, 5.74) is 0. The summed E-state index contributed by atoms with van der Waals surface area (Å²) in [5.74, 6) is -3.92. The first-order valence-corrected chi connectivity index (χ1v) is 4.42. The highest BCUT2D eigenvalue weighted by atomic mass is 19.4. The SMILES string of the molecule is OC(Cc1ncc[nH]1)C(C(F)(F)F)C(F)(F)F. The molecule has 17 heavy (non-hydrogen) atoms. The smallest absolute Gasteiger partial charge is 0.392 e. The molecule has 0 saturated carbocycles. The number of imidazole rings is 1. The molecule has 0 aliphatic rings. The highest BCUT2D eigenvalue weighted by molar-refractivity contribution is 4.93. The summed E-state index contributed by atoms with van der Waals surface area (Å²) < 4.78 is 73.1. The van der Waals surface area contributed by atoms with Crippen molar-refractivity contribution in [2.75, 3.05) is 0 Å². The Kier molecular flexibility index (Phi) is 3.70. The van der Waals surface area contributed by atoms with Crippen LogP contribution in [0.5, 0.6) is 0 Å². The van der Waals surface area contributed by atoms with Gasteiger partial charge in [-0.05, 0) is 0 Å². The lowest BCUT2D eigenvalue weighted by Gasteiger charge is -2.26. The molecule has 1 aromatic heterocycles. The van der Waals surface area contributed by atoms with E-state index in [0.29, 0.717) is 0 Å². The summed E-state index contributed by atoms with van der Waals surface area (Å²) in [6, 6.07) is 0. The lowest BCUT2D eigenvalue weighted by atomic mass is 9.98. The van der Waals surface area contributed by atoms with Gasteiger partial charge in [0.2, 0.25) is 0 Å². The van der Waals surface area contributed by atoms with Crippen LogP contribution in [0.4, 0.5) is 26.3 Å². The predicted molar refractivity (Wildman–Crippen MR) is 43.9 cm³/mol. The van der Waals surface area contributed by atoms with Crippen LogP contribution >= 0.6 is 0 Å². The fraction of sp³-hybridized carbons (Fsp3) is 0.625. The summed E-state index contributed by atoms with van der Waals surface area (Å²) in [6.07, 6.45) is -12.2. The zero-order valence-electron chi connectivity index (χ0n) is 8.18. The second kappa shape index (κ2) is 4.55. The molecule has 0 aliphatic heterocycles. The molecule has 98 valence electrons. The van der Waals surface area contributed by atoms with Crippen LogP contribution in [-0.2, 0) is 6.42 Å². The van der Waals surface area contributed by atoms with Gasteiger partial charge in [-0.1, -0.05) is 0 Å². The lowest BCUT2D eigenvalue weighted by molar-refractivity contribution is -0.305. The minimum Gasteiger partial charge on any atom is -0.392 e. The third-order valence-corrected chi connectivity index (χ3v) is 2.05. The van der Waals surface area contributed by atoms with Crippen molar-refractivity contribution in [2.45, 2.75) is 24.9 Å². The minimum absolute atomic E-state index is 0.143. The number of hydrogen-bond donors (Lipinski definition) is 2. The zero-order valence-corrected chi connectivity index (χ0v) is 8.18. The van der Waals surface area contributed by atoms with E-state index in [1.165, 1.54) is 6.20 Å². The van der Waals surface area contributed by atoms with Crippen molar-refractivity contribution in [1.82, 2.24) is 9.97 Å². The number of aromatic nitrogens is 2. The van der Waals surface area contributed by atoms with Crippen LogP contribution in [0.1, 0.15) is 5.82 Å². The third-order valence-electron chi connectivity index (χ3n) is 2.05. The van der Waals surface area contributed by atoms with Gasteiger partial charge in [-0.3, -0.25) is 0 Å². The zero-order chi connectivity index (χ0) is 13.3. The van der Waals surface area contributed by atoms with Crippen LogP contribution in [0.15, 0.2) is 12.4 Å². The van der Waals surface area contributed by atoms with E-state index in [1.54, 1.807) is 0 Å². The van der Waals surface area contributed by atoms with Crippen molar-refractivity contribution in [3.8, 4) is 0 Å². The van der Waals surface area contributed by atoms with Gasteiger partial charge in [0.15, 0.2) is 5.92 Å². The molecule has 0 spiro atoms. The molecule has 0 fully saturated rings. The molecule has 0 aliphatic carbocycles. The van der Waals surface area contributed by atoms with Crippen LogP contribution in [0.25, 0.3) is 0 Å². The van der Waals surface area contributed by atoms with Crippen LogP contribution in [0.2, 0.25) is 0 Å². The molecule has 3 nitrogen and oxygen atoms in total. The Hall–Kier alpha value is -1.25. The average molecular weight is 262 g/mol. The number of aromatic amines is 1.